The summed E-state index contributed by atoms with van der Waals surface area (Å²) < 4.78 is 18.1. The third-order valence-electron chi connectivity index (χ3n) is 4.65. The van der Waals surface area contributed by atoms with Gasteiger partial charge in [-0.15, -0.1) is 0 Å². The molecule has 0 unspecified atom stereocenters. The largest absolute Gasteiger partial charge is 0.465 e. The number of ether oxygens (including phenoxy) is 1. The Morgan fingerprint density at radius 1 is 1.29 bits per heavy atom. The van der Waals surface area contributed by atoms with Crippen molar-refractivity contribution >= 4 is 17.9 Å². The molecule has 0 atom stereocenters. The molecule has 128 valence electrons. The Kier molecular flexibility index (Phi) is 4.51. The fraction of sp³-hybridized carbons (Fsp3) is 0.471. The van der Waals surface area contributed by atoms with Crippen LogP contribution in [0, 0.1) is 5.82 Å². The van der Waals surface area contributed by atoms with Crippen LogP contribution in [0.2, 0.25) is 0 Å². The van der Waals surface area contributed by atoms with Gasteiger partial charge < -0.3 is 9.64 Å². The number of carbonyl (C=O) groups is 3. The molecular weight excluding hydrogens is 315 g/mol. The number of hydrogen-bond donors (Lipinski definition) is 0. The SMILES string of the molecule is COC(=O)c1cc(F)ccc1CN1C(=O)CN(C2CCCC2)C1=O. The molecule has 0 radical (unpaired) electrons. The number of urea groups is 1. The van der Waals surface area contributed by atoms with Crippen LogP contribution in [0.1, 0.15) is 41.6 Å². The minimum atomic E-state index is -0.698. The van der Waals surface area contributed by atoms with Gasteiger partial charge in [-0.05, 0) is 30.5 Å². The molecule has 1 heterocycles. The summed E-state index contributed by atoms with van der Waals surface area (Å²) in [5, 5.41) is 0. The predicted octanol–water partition coefficient (Wildman–Crippen LogP) is 2.32. The topological polar surface area (TPSA) is 66.9 Å². The number of nitrogens with zero attached hydrogens (tertiary/aromatic N) is 2. The van der Waals surface area contributed by atoms with Gasteiger partial charge in [0.1, 0.15) is 12.4 Å². The van der Waals surface area contributed by atoms with Crippen LogP contribution in [0.25, 0.3) is 0 Å². The molecule has 0 N–H and O–H groups in total. The lowest BCUT2D eigenvalue weighted by molar-refractivity contribution is -0.125. The van der Waals surface area contributed by atoms with E-state index in [1.807, 2.05) is 0 Å². The van der Waals surface area contributed by atoms with Crippen molar-refractivity contribution in [3.63, 3.8) is 0 Å². The van der Waals surface area contributed by atoms with Gasteiger partial charge >= 0.3 is 12.0 Å². The summed E-state index contributed by atoms with van der Waals surface area (Å²) in [5.41, 5.74) is 0.413. The number of carbonyl (C=O) groups excluding carboxylic acids is 3. The van der Waals surface area contributed by atoms with Gasteiger partial charge in [-0.1, -0.05) is 18.9 Å². The number of hydrogen-bond acceptors (Lipinski definition) is 4. The summed E-state index contributed by atoms with van der Waals surface area (Å²) in [6.07, 6.45) is 3.95. The summed E-state index contributed by atoms with van der Waals surface area (Å²) in [4.78, 5) is 39.4. The van der Waals surface area contributed by atoms with Gasteiger partial charge in [0.15, 0.2) is 0 Å². The molecule has 0 bridgehead atoms. The molecule has 2 aliphatic rings. The van der Waals surface area contributed by atoms with Crippen LogP contribution in [-0.2, 0) is 16.1 Å². The Morgan fingerprint density at radius 2 is 2.00 bits per heavy atom. The minimum absolute atomic E-state index is 0.0254. The van der Waals surface area contributed by atoms with Crippen molar-refractivity contribution in [3.05, 3.63) is 35.1 Å². The first-order chi connectivity index (χ1) is 11.5. The Morgan fingerprint density at radius 3 is 2.67 bits per heavy atom. The monoisotopic (exact) mass is 334 g/mol. The van der Waals surface area contributed by atoms with E-state index in [2.05, 4.69) is 4.74 Å². The normalized spacial score (nSPS) is 18.6. The Labute approximate surface area is 139 Å². The average molecular weight is 334 g/mol. The minimum Gasteiger partial charge on any atom is -0.465 e. The van der Waals surface area contributed by atoms with Gasteiger partial charge in [0.25, 0.3) is 5.91 Å². The first kappa shape index (κ1) is 16.4. The lowest BCUT2D eigenvalue weighted by Gasteiger charge is -2.23. The van der Waals surface area contributed by atoms with Crippen molar-refractivity contribution in [3.8, 4) is 0 Å². The third kappa shape index (κ3) is 2.98. The summed E-state index contributed by atoms with van der Waals surface area (Å²) >= 11 is 0. The Hall–Kier alpha value is -2.44. The molecule has 0 spiro atoms. The lowest BCUT2D eigenvalue weighted by Crippen LogP contribution is -2.38. The number of esters is 1. The number of rotatable bonds is 4. The zero-order chi connectivity index (χ0) is 17.3. The van der Waals surface area contributed by atoms with Crippen molar-refractivity contribution in [2.75, 3.05) is 13.7 Å². The third-order valence-corrected chi connectivity index (χ3v) is 4.65. The molecule has 24 heavy (non-hydrogen) atoms. The number of amides is 3. The zero-order valence-corrected chi connectivity index (χ0v) is 13.5. The molecule has 1 aliphatic heterocycles. The maximum Gasteiger partial charge on any atom is 0.338 e. The molecule has 3 amide bonds. The highest BCUT2D eigenvalue weighted by Gasteiger charge is 2.40. The van der Waals surface area contributed by atoms with Gasteiger partial charge in [0.05, 0.1) is 19.2 Å². The quantitative estimate of drug-likeness (QED) is 0.626. The summed E-state index contributed by atoms with van der Waals surface area (Å²) in [6.45, 7) is 0.00382. The summed E-state index contributed by atoms with van der Waals surface area (Å²) in [6, 6.07) is 3.43. The van der Waals surface area contributed by atoms with Crippen LogP contribution in [0.4, 0.5) is 9.18 Å². The van der Waals surface area contributed by atoms with E-state index in [0.717, 1.165) is 36.6 Å². The molecule has 1 saturated heterocycles. The standard InChI is InChI=1S/C17H19FN2O4/c1-24-16(22)14-8-12(18)7-6-11(14)9-20-15(21)10-19(17(20)23)13-4-2-3-5-13/h6-8,13H,2-5,9-10H2,1H3. The van der Waals surface area contributed by atoms with Crippen molar-refractivity contribution in [2.45, 2.75) is 38.3 Å². The summed E-state index contributed by atoms with van der Waals surface area (Å²) in [5.74, 6) is -1.57. The van der Waals surface area contributed by atoms with Crippen LogP contribution in [0.15, 0.2) is 18.2 Å². The first-order valence-corrected chi connectivity index (χ1v) is 7.99. The average Bonchev–Trinajstić information content (AvgIpc) is 3.19. The molecule has 1 aliphatic carbocycles. The lowest BCUT2D eigenvalue weighted by atomic mass is 10.1. The number of benzene rings is 1. The molecule has 3 rings (SSSR count). The van der Waals surface area contributed by atoms with Crippen LogP contribution in [0.3, 0.4) is 0 Å². The van der Waals surface area contributed by atoms with E-state index in [1.165, 1.54) is 19.2 Å². The van der Waals surface area contributed by atoms with Gasteiger partial charge in [0.2, 0.25) is 0 Å². The van der Waals surface area contributed by atoms with E-state index >= 15 is 0 Å². The second-order valence-electron chi connectivity index (χ2n) is 6.12. The number of methoxy groups -OCH3 is 1. The molecule has 7 heteroatoms. The van der Waals surface area contributed by atoms with Crippen molar-refractivity contribution < 1.29 is 23.5 Å². The Balaban J connectivity index is 1.82. The molecule has 2 fully saturated rings. The molecule has 6 nitrogen and oxygen atoms in total. The van der Waals surface area contributed by atoms with Crippen LogP contribution in [-0.4, -0.2) is 47.4 Å². The fourth-order valence-electron chi connectivity index (χ4n) is 3.37. The van der Waals surface area contributed by atoms with E-state index in [0.29, 0.717) is 5.56 Å². The highest BCUT2D eigenvalue weighted by molar-refractivity contribution is 6.02. The van der Waals surface area contributed by atoms with E-state index in [1.54, 1.807) is 4.90 Å². The molecule has 1 saturated carbocycles. The Bertz CT molecular complexity index is 685. The van der Waals surface area contributed by atoms with Gasteiger partial charge in [-0.2, -0.15) is 0 Å². The van der Waals surface area contributed by atoms with Gasteiger partial charge in [-0.25, -0.2) is 14.0 Å². The van der Waals surface area contributed by atoms with E-state index < -0.39 is 11.8 Å². The van der Waals surface area contributed by atoms with Crippen molar-refractivity contribution in [2.24, 2.45) is 0 Å². The number of imide groups is 1. The zero-order valence-electron chi connectivity index (χ0n) is 13.5. The second kappa shape index (κ2) is 6.59. The predicted molar refractivity (Wildman–Crippen MR) is 82.6 cm³/mol. The molecule has 1 aromatic carbocycles. The van der Waals surface area contributed by atoms with Crippen LogP contribution in [0.5, 0.6) is 0 Å². The van der Waals surface area contributed by atoms with E-state index in [9.17, 15) is 18.8 Å². The molecular formula is C17H19FN2O4. The second-order valence-corrected chi connectivity index (χ2v) is 6.12. The smallest absolute Gasteiger partial charge is 0.338 e. The number of halogens is 1. The first-order valence-electron chi connectivity index (χ1n) is 7.99. The van der Waals surface area contributed by atoms with E-state index in [-0.39, 0.29) is 36.6 Å². The highest BCUT2D eigenvalue weighted by Crippen LogP contribution is 2.28. The van der Waals surface area contributed by atoms with Gasteiger partial charge in [-0.3, -0.25) is 9.69 Å². The van der Waals surface area contributed by atoms with Crippen molar-refractivity contribution in [1.82, 2.24) is 9.80 Å². The molecule has 0 aromatic heterocycles. The van der Waals surface area contributed by atoms with Crippen LogP contribution >= 0.6 is 0 Å². The van der Waals surface area contributed by atoms with Crippen molar-refractivity contribution in [1.29, 1.82) is 0 Å². The molecule has 1 aromatic rings. The fourth-order valence-corrected chi connectivity index (χ4v) is 3.37. The van der Waals surface area contributed by atoms with Gasteiger partial charge in [0, 0.05) is 6.04 Å². The maximum absolute atomic E-state index is 13.4. The maximum atomic E-state index is 13.4. The van der Waals surface area contributed by atoms with E-state index in [4.69, 9.17) is 0 Å². The summed E-state index contributed by atoms with van der Waals surface area (Å²) in [7, 11) is 1.20. The van der Waals surface area contributed by atoms with Crippen LogP contribution < -0.4 is 0 Å². The highest BCUT2D eigenvalue weighted by atomic mass is 19.1.